The Bertz CT molecular complexity index is 2170. The molecule has 2 heterocycles. The molecule has 208 valence electrons. The molecule has 0 fully saturated rings. The van der Waals surface area contributed by atoms with Gasteiger partial charge in [-0.1, -0.05) is 140 Å². The van der Waals surface area contributed by atoms with Crippen molar-refractivity contribution in [3.8, 4) is 16.8 Å². The SMILES string of the molecule is c1ccc(-c2ccncc2[Si](c2ccccc2)(c2ccccc2)c2ccc3c(c2)c2ccccc2n3-c2ccccc2)cc1. The molecule has 8 rings (SSSR count). The Balaban J connectivity index is 1.52. The highest BCUT2D eigenvalue weighted by molar-refractivity contribution is 7.20. The second-order valence-corrected chi connectivity index (χ2v) is 15.0. The van der Waals surface area contributed by atoms with Crippen LogP contribution in [0.15, 0.2) is 182 Å². The maximum atomic E-state index is 4.80. The summed E-state index contributed by atoms with van der Waals surface area (Å²) in [6.45, 7) is 0. The fourth-order valence-electron chi connectivity index (χ4n) is 6.97. The fourth-order valence-corrected chi connectivity index (χ4v) is 11.9. The minimum Gasteiger partial charge on any atom is -0.309 e. The highest BCUT2D eigenvalue weighted by Crippen LogP contribution is 2.32. The molecule has 0 bridgehead atoms. The number of pyridine rings is 1. The summed E-state index contributed by atoms with van der Waals surface area (Å²) in [4.78, 5) is 4.80. The van der Waals surface area contributed by atoms with E-state index >= 15 is 0 Å². The number of fused-ring (bicyclic) bond motifs is 3. The monoisotopic (exact) mass is 578 g/mol. The van der Waals surface area contributed by atoms with Gasteiger partial charge in [-0.15, -0.1) is 0 Å². The quantitative estimate of drug-likeness (QED) is 0.150. The Morgan fingerprint density at radius 2 is 1.02 bits per heavy atom. The van der Waals surface area contributed by atoms with Gasteiger partial charge >= 0.3 is 0 Å². The summed E-state index contributed by atoms with van der Waals surface area (Å²) in [6, 6.07) is 61.8. The number of aromatic nitrogens is 2. The van der Waals surface area contributed by atoms with Crippen LogP contribution < -0.4 is 20.7 Å². The van der Waals surface area contributed by atoms with Crippen molar-refractivity contribution in [3.05, 3.63) is 182 Å². The molecule has 2 nitrogen and oxygen atoms in total. The standard InChI is InChI=1S/C41H30N2Si/c1-5-15-31(16-6-1)36-27-28-42-30-41(36)44(33-19-9-3-10-20-33,34-21-11-4-12-22-34)35-25-26-40-38(29-35)37-23-13-14-24-39(37)43(40)32-17-7-2-8-18-32/h1-30H. The number of rotatable bonds is 6. The van der Waals surface area contributed by atoms with Crippen LogP contribution in [-0.2, 0) is 0 Å². The van der Waals surface area contributed by atoms with Crippen LogP contribution in [0.25, 0.3) is 38.6 Å². The van der Waals surface area contributed by atoms with Crippen molar-refractivity contribution >= 4 is 50.6 Å². The fraction of sp³-hybridized carbons (Fsp3) is 0. The molecule has 0 spiro atoms. The van der Waals surface area contributed by atoms with Gasteiger partial charge in [0.1, 0.15) is 0 Å². The van der Waals surface area contributed by atoms with Crippen LogP contribution in [0.2, 0.25) is 0 Å². The maximum Gasteiger partial charge on any atom is 0.181 e. The molecule has 0 amide bonds. The molecule has 0 saturated heterocycles. The first-order valence-corrected chi connectivity index (χ1v) is 17.1. The lowest BCUT2D eigenvalue weighted by Crippen LogP contribution is -2.75. The van der Waals surface area contributed by atoms with E-state index in [4.69, 9.17) is 4.98 Å². The molecule has 0 radical (unpaired) electrons. The number of nitrogens with zero attached hydrogens (tertiary/aromatic N) is 2. The molecular weight excluding hydrogens is 549 g/mol. The van der Waals surface area contributed by atoms with Crippen molar-refractivity contribution in [1.29, 1.82) is 0 Å². The Morgan fingerprint density at radius 1 is 0.455 bits per heavy atom. The predicted octanol–water partition coefficient (Wildman–Crippen LogP) is 7.22. The van der Waals surface area contributed by atoms with Gasteiger partial charge in [0.15, 0.2) is 8.07 Å². The van der Waals surface area contributed by atoms with Gasteiger partial charge in [-0.3, -0.25) is 4.98 Å². The van der Waals surface area contributed by atoms with Crippen molar-refractivity contribution in [3.63, 3.8) is 0 Å². The Kier molecular flexibility index (Phi) is 6.51. The molecule has 0 saturated carbocycles. The van der Waals surface area contributed by atoms with E-state index in [0.29, 0.717) is 0 Å². The lowest BCUT2D eigenvalue weighted by Gasteiger charge is -2.35. The van der Waals surface area contributed by atoms with E-state index < -0.39 is 8.07 Å². The Labute approximate surface area is 258 Å². The zero-order valence-electron chi connectivity index (χ0n) is 24.2. The molecule has 6 aromatic carbocycles. The second-order valence-electron chi connectivity index (χ2n) is 11.2. The third-order valence-corrected chi connectivity index (χ3v) is 13.6. The minimum absolute atomic E-state index is 1.17. The molecule has 0 atom stereocenters. The second kappa shape index (κ2) is 11.0. The highest BCUT2D eigenvalue weighted by Gasteiger charge is 2.43. The lowest BCUT2D eigenvalue weighted by atomic mass is 10.1. The molecule has 2 aromatic heterocycles. The van der Waals surface area contributed by atoms with Gasteiger partial charge in [0.2, 0.25) is 0 Å². The van der Waals surface area contributed by atoms with Crippen molar-refractivity contribution < 1.29 is 0 Å². The number of hydrogen-bond acceptors (Lipinski definition) is 1. The van der Waals surface area contributed by atoms with Gasteiger partial charge in [0.25, 0.3) is 0 Å². The summed E-state index contributed by atoms with van der Waals surface area (Å²) in [5.41, 5.74) is 6.02. The van der Waals surface area contributed by atoms with Crippen LogP contribution in [0.5, 0.6) is 0 Å². The molecule has 44 heavy (non-hydrogen) atoms. The zero-order valence-corrected chi connectivity index (χ0v) is 25.2. The summed E-state index contributed by atoms with van der Waals surface area (Å²) in [6.07, 6.45) is 4.06. The third kappa shape index (κ3) is 4.13. The molecule has 0 aliphatic carbocycles. The van der Waals surface area contributed by atoms with Crippen molar-refractivity contribution in [2.75, 3.05) is 0 Å². The number of hydrogen-bond donors (Lipinski definition) is 0. The molecule has 3 heteroatoms. The molecule has 0 aliphatic heterocycles. The molecular formula is C41H30N2Si. The minimum atomic E-state index is -2.87. The van der Waals surface area contributed by atoms with Gasteiger partial charge in [-0.05, 0) is 62.2 Å². The molecule has 0 aliphatic rings. The maximum absolute atomic E-state index is 4.80. The van der Waals surface area contributed by atoms with Crippen LogP contribution in [0, 0.1) is 0 Å². The summed E-state index contributed by atoms with van der Waals surface area (Å²) < 4.78 is 2.39. The number of para-hydroxylation sites is 2. The molecule has 8 aromatic rings. The van der Waals surface area contributed by atoms with E-state index in [-0.39, 0.29) is 0 Å². The smallest absolute Gasteiger partial charge is 0.181 e. The van der Waals surface area contributed by atoms with Gasteiger partial charge in [-0.2, -0.15) is 0 Å². The summed E-state index contributed by atoms with van der Waals surface area (Å²) >= 11 is 0. The average molecular weight is 579 g/mol. The normalized spacial score (nSPS) is 11.6. The van der Waals surface area contributed by atoms with Crippen molar-refractivity contribution in [2.24, 2.45) is 0 Å². The first-order valence-electron chi connectivity index (χ1n) is 15.1. The summed E-state index contributed by atoms with van der Waals surface area (Å²) in [5, 5.41) is 7.81. The highest BCUT2D eigenvalue weighted by atomic mass is 28.3. The topological polar surface area (TPSA) is 17.8 Å². The Morgan fingerprint density at radius 3 is 1.70 bits per heavy atom. The van der Waals surface area contributed by atoms with E-state index in [9.17, 15) is 0 Å². The van der Waals surface area contributed by atoms with Gasteiger partial charge in [-0.25, -0.2) is 0 Å². The van der Waals surface area contributed by atoms with Crippen LogP contribution in [0.4, 0.5) is 0 Å². The van der Waals surface area contributed by atoms with E-state index in [2.05, 4.69) is 181 Å². The van der Waals surface area contributed by atoms with E-state index in [0.717, 1.165) is 0 Å². The van der Waals surface area contributed by atoms with Crippen LogP contribution in [0.1, 0.15) is 0 Å². The third-order valence-electron chi connectivity index (χ3n) is 8.84. The van der Waals surface area contributed by atoms with E-state index in [1.165, 1.54) is 59.4 Å². The van der Waals surface area contributed by atoms with Crippen LogP contribution in [0.3, 0.4) is 0 Å². The van der Waals surface area contributed by atoms with Crippen LogP contribution in [-0.4, -0.2) is 17.6 Å². The zero-order chi connectivity index (χ0) is 29.3. The van der Waals surface area contributed by atoms with Gasteiger partial charge in [0.05, 0.1) is 11.0 Å². The predicted molar refractivity (Wildman–Crippen MR) is 188 cm³/mol. The molecule has 0 N–H and O–H groups in total. The number of benzene rings is 6. The largest absolute Gasteiger partial charge is 0.309 e. The first kappa shape index (κ1) is 26.1. The van der Waals surface area contributed by atoms with Crippen molar-refractivity contribution in [1.82, 2.24) is 9.55 Å². The van der Waals surface area contributed by atoms with E-state index in [1.54, 1.807) is 0 Å². The van der Waals surface area contributed by atoms with Gasteiger partial charge in [0, 0.05) is 28.9 Å². The first-order chi connectivity index (χ1) is 21.9. The molecule has 0 unspecified atom stereocenters. The van der Waals surface area contributed by atoms with Gasteiger partial charge < -0.3 is 4.57 Å². The van der Waals surface area contributed by atoms with Crippen LogP contribution >= 0.6 is 0 Å². The summed E-state index contributed by atoms with van der Waals surface area (Å²) in [7, 11) is -2.87. The lowest BCUT2D eigenvalue weighted by molar-refractivity contribution is 1.18. The Hall–Kier alpha value is -5.51. The van der Waals surface area contributed by atoms with Crippen molar-refractivity contribution in [2.45, 2.75) is 0 Å². The summed E-state index contributed by atoms with van der Waals surface area (Å²) in [5.74, 6) is 0. The average Bonchev–Trinajstić information content (AvgIpc) is 3.44. The van der Waals surface area contributed by atoms with E-state index in [1.807, 2.05) is 6.20 Å².